The second kappa shape index (κ2) is 4.50. The molecule has 0 amide bonds. The van der Waals surface area contributed by atoms with E-state index in [1.807, 2.05) is 25.9 Å². The molecule has 0 aromatic carbocycles. The van der Waals surface area contributed by atoms with Crippen LogP contribution in [0.3, 0.4) is 0 Å². The lowest BCUT2D eigenvalue weighted by molar-refractivity contribution is -0.103. The van der Waals surface area contributed by atoms with Crippen LogP contribution in [0.2, 0.25) is 0 Å². The molecule has 0 aliphatic heterocycles. The highest BCUT2D eigenvalue weighted by Gasteiger charge is 2.07. The molecule has 4 nitrogen and oxygen atoms in total. The van der Waals surface area contributed by atoms with Gasteiger partial charge in [0.05, 0.1) is 17.5 Å². The molecule has 0 saturated heterocycles. The Kier molecular flexibility index (Phi) is 3.34. The van der Waals surface area contributed by atoms with Gasteiger partial charge in [0.2, 0.25) is 0 Å². The van der Waals surface area contributed by atoms with E-state index in [0.29, 0.717) is 11.3 Å². The van der Waals surface area contributed by atoms with E-state index < -0.39 is 0 Å². The highest BCUT2D eigenvalue weighted by Crippen LogP contribution is 2.14. The average molecular weight is 191 g/mol. The van der Waals surface area contributed by atoms with Gasteiger partial charge in [0.25, 0.3) is 0 Å². The maximum atomic E-state index is 10.9. The molecule has 0 unspecified atom stereocenters. The first-order chi connectivity index (χ1) is 6.66. The van der Waals surface area contributed by atoms with Crippen molar-refractivity contribution < 1.29 is 4.79 Å². The van der Waals surface area contributed by atoms with Gasteiger partial charge >= 0.3 is 0 Å². The van der Waals surface area contributed by atoms with Gasteiger partial charge in [-0.2, -0.15) is 0 Å². The summed E-state index contributed by atoms with van der Waals surface area (Å²) in [5, 5.41) is 0. The third-order valence-corrected chi connectivity index (χ3v) is 2.02. The molecule has 0 spiro atoms. The minimum Gasteiger partial charge on any atom is -0.381 e. The lowest BCUT2D eigenvalue weighted by Gasteiger charge is -2.15. The molecule has 0 fully saturated rings. The SMILES string of the molecule is C/C(=C(\C=O)c1cnccn1)N(C)C. The van der Waals surface area contributed by atoms with E-state index in [0.717, 1.165) is 12.0 Å². The second-order valence-corrected chi connectivity index (χ2v) is 3.10. The molecule has 1 heterocycles. The Labute approximate surface area is 83.3 Å². The van der Waals surface area contributed by atoms with Crippen LogP contribution in [0.25, 0.3) is 5.57 Å². The number of hydrogen-bond donors (Lipinski definition) is 0. The number of allylic oxidation sites excluding steroid dienone is 2. The van der Waals surface area contributed by atoms with Crippen LogP contribution in [0.5, 0.6) is 0 Å². The predicted octanol–water partition coefficient (Wildman–Crippen LogP) is 0.968. The maximum absolute atomic E-state index is 10.9. The number of carbonyl (C=O) groups is 1. The first-order valence-corrected chi connectivity index (χ1v) is 4.26. The fourth-order valence-electron chi connectivity index (χ4n) is 1.01. The van der Waals surface area contributed by atoms with Crippen LogP contribution in [-0.2, 0) is 4.79 Å². The lowest BCUT2D eigenvalue weighted by Crippen LogP contribution is -2.11. The van der Waals surface area contributed by atoms with Gasteiger partial charge in [-0.3, -0.25) is 14.8 Å². The van der Waals surface area contributed by atoms with Crippen LogP contribution in [0.1, 0.15) is 12.6 Å². The van der Waals surface area contributed by atoms with Crippen molar-refractivity contribution in [2.75, 3.05) is 14.1 Å². The number of nitrogens with zero attached hydrogens (tertiary/aromatic N) is 3. The maximum Gasteiger partial charge on any atom is 0.154 e. The molecule has 14 heavy (non-hydrogen) atoms. The van der Waals surface area contributed by atoms with E-state index in [1.165, 1.54) is 0 Å². The largest absolute Gasteiger partial charge is 0.381 e. The zero-order chi connectivity index (χ0) is 10.6. The minimum absolute atomic E-state index is 0.572. The van der Waals surface area contributed by atoms with Crippen LogP contribution in [0.4, 0.5) is 0 Å². The summed E-state index contributed by atoms with van der Waals surface area (Å²) in [7, 11) is 3.77. The topological polar surface area (TPSA) is 46.1 Å². The Hall–Kier alpha value is -1.71. The molecule has 74 valence electrons. The van der Waals surface area contributed by atoms with Crippen LogP contribution < -0.4 is 0 Å². The van der Waals surface area contributed by atoms with E-state index >= 15 is 0 Å². The fourth-order valence-corrected chi connectivity index (χ4v) is 1.01. The highest BCUT2D eigenvalue weighted by atomic mass is 16.1. The normalized spacial score (nSPS) is 11.9. The van der Waals surface area contributed by atoms with E-state index in [-0.39, 0.29) is 0 Å². The summed E-state index contributed by atoms with van der Waals surface area (Å²) in [6.07, 6.45) is 5.54. The number of aromatic nitrogens is 2. The quantitative estimate of drug-likeness (QED) is 0.527. The Bertz CT molecular complexity index is 344. The zero-order valence-electron chi connectivity index (χ0n) is 8.56. The Morgan fingerprint density at radius 3 is 2.57 bits per heavy atom. The molecule has 0 aliphatic rings. The summed E-state index contributed by atoms with van der Waals surface area (Å²) in [5.41, 5.74) is 2.05. The van der Waals surface area contributed by atoms with E-state index in [4.69, 9.17) is 0 Å². The first kappa shape index (κ1) is 10.4. The zero-order valence-corrected chi connectivity index (χ0v) is 8.56. The second-order valence-electron chi connectivity index (χ2n) is 3.10. The van der Waals surface area contributed by atoms with Crippen LogP contribution >= 0.6 is 0 Å². The Balaban J connectivity index is 3.17. The molecular weight excluding hydrogens is 178 g/mol. The standard InChI is InChI=1S/C10H13N3O/c1-8(13(2)3)9(7-14)10-6-11-4-5-12-10/h4-7H,1-3H3/b9-8-. The molecule has 0 N–H and O–H groups in total. The van der Waals surface area contributed by atoms with Crippen molar-refractivity contribution in [2.45, 2.75) is 6.92 Å². The van der Waals surface area contributed by atoms with Gasteiger partial charge < -0.3 is 4.90 Å². The van der Waals surface area contributed by atoms with Crippen molar-refractivity contribution in [1.29, 1.82) is 0 Å². The Morgan fingerprint density at radius 1 is 1.43 bits per heavy atom. The monoisotopic (exact) mass is 191 g/mol. The summed E-state index contributed by atoms with van der Waals surface area (Å²) in [6.45, 7) is 1.87. The molecule has 1 aromatic heterocycles. The van der Waals surface area contributed by atoms with Gasteiger partial charge in [0.15, 0.2) is 6.29 Å². The van der Waals surface area contributed by atoms with Crippen LogP contribution in [0, 0.1) is 0 Å². The van der Waals surface area contributed by atoms with Crippen LogP contribution in [0.15, 0.2) is 24.3 Å². The summed E-state index contributed by atoms with van der Waals surface area (Å²) < 4.78 is 0. The summed E-state index contributed by atoms with van der Waals surface area (Å²) in [4.78, 5) is 20.8. The van der Waals surface area contributed by atoms with Gasteiger partial charge in [-0.25, -0.2) is 0 Å². The summed E-state index contributed by atoms with van der Waals surface area (Å²) in [6, 6.07) is 0. The van der Waals surface area contributed by atoms with Crippen LogP contribution in [-0.4, -0.2) is 35.2 Å². The lowest BCUT2D eigenvalue weighted by atomic mass is 10.1. The van der Waals surface area contributed by atoms with Crippen molar-refractivity contribution in [3.63, 3.8) is 0 Å². The smallest absolute Gasteiger partial charge is 0.154 e. The summed E-state index contributed by atoms with van der Waals surface area (Å²) >= 11 is 0. The molecule has 1 rings (SSSR count). The van der Waals surface area contributed by atoms with E-state index in [1.54, 1.807) is 18.6 Å². The van der Waals surface area contributed by atoms with Gasteiger partial charge in [0.1, 0.15) is 0 Å². The van der Waals surface area contributed by atoms with Crippen molar-refractivity contribution >= 4 is 11.9 Å². The molecule has 0 saturated carbocycles. The van der Waals surface area contributed by atoms with E-state index in [2.05, 4.69) is 9.97 Å². The molecule has 1 aromatic rings. The Morgan fingerprint density at radius 2 is 2.14 bits per heavy atom. The summed E-state index contributed by atoms with van der Waals surface area (Å²) in [5.74, 6) is 0. The van der Waals surface area contributed by atoms with Gasteiger partial charge in [-0.15, -0.1) is 0 Å². The van der Waals surface area contributed by atoms with E-state index in [9.17, 15) is 4.79 Å². The van der Waals surface area contributed by atoms with Gasteiger partial charge in [-0.1, -0.05) is 0 Å². The molecular formula is C10H13N3O. The molecule has 0 atom stereocenters. The number of aldehydes is 1. The van der Waals surface area contributed by atoms with Gasteiger partial charge in [0, 0.05) is 32.2 Å². The minimum atomic E-state index is 0.572. The molecule has 0 radical (unpaired) electrons. The fraction of sp³-hybridized carbons (Fsp3) is 0.300. The van der Waals surface area contributed by atoms with Crippen molar-refractivity contribution in [1.82, 2.24) is 14.9 Å². The number of carbonyl (C=O) groups excluding carboxylic acids is 1. The van der Waals surface area contributed by atoms with Crippen molar-refractivity contribution in [3.05, 3.63) is 30.0 Å². The average Bonchev–Trinajstić information content (AvgIpc) is 2.20. The molecule has 0 bridgehead atoms. The third-order valence-electron chi connectivity index (χ3n) is 2.02. The number of hydrogen-bond acceptors (Lipinski definition) is 4. The van der Waals surface area contributed by atoms with Crippen molar-refractivity contribution in [3.8, 4) is 0 Å². The first-order valence-electron chi connectivity index (χ1n) is 4.26. The third kappa shape index (κ3) is 2.16. The van der Waals surface area contributed by atoms with Crippen molar-refractivity contribution in [2.24, 2.45) is 0 Å². The predicted molar refractivity (Wildman–Crippen MR) is 54.4 cm³/mol. The van der Waals surface area contributed by atoms with Gasteiger partial charge in [-0.05, 0) is 6.92 Å². The highest BCUT2D eigenvalue weighted by molar-refractivity contribution is 6.06. The number of rotatable bonds is 3. The molecule has 4 heteroatoms. The molecule has 0 aliphatic carbocycles.